The molecule has 0 fully saturated rings. The molecule has 0 aliphatic carbocycles. The summed E-state index contributed by atoms with van der Waals surface area (Å²) in [6.45, 7) is 2.18. The third kappa shape index (κ3) is 3.67. The van der Waals surface area contributed by atoms with Gasteiger partial charge in [-0.1, -0.05) is 24.3 Å². The Bertz CT molecular complexity index is 507. The predicted molar refractivity (Wildman–Crippen MR) is 83.5 cm³/mol. The molecule has 1 unspecified atom stereocenters. The molecular weight excluding hydrogens is 306 g/mol. The van der Waals surface area contributed by atoms with Crippen LogP contribution in [0.2, 0.25) is 0 Å². The summed E-state index contributed by atoms with van der Waals surface area (Å²) in [5.41, 5.74) is 2.82. The Labute approximate surface area is 121 Å². The summed E-state index contributed by atoms with van der Waals surface area (Å²) < 4.78 is 1.19. The van der Waals surface area contributed by atoms with Gasteiger partial charge in [-0.2, -0.15) is 0 Å². The maximum Gasteiger partial charge on any atom is 0.0285 e. The van der Waals surface area contributed by atoms with Gasteiger partial charge in [0, 0.05) is 20.8 Å². The topological polar surface area (TPSA) is 12.0 Å². The van der Waals surface area contributed by atoms with Crippen LogP contribution in [-0.2, 0) is 12.8 Å². The molecule has 96 valence electrons. The number of halogens is 1. The van der Waals surface area contributed by atoms with Gasteiger partial charge < -0.3 is 5.32 Å². The van der Waals surface area contributed by atoms with Crippen LogP contribution in [0.4, 0.5) is 0 Å². The van der Waals surface area contributed by atoms with Crippen molar-refractivity contribution in [1.82, 2.24) is 5.32 Å². The van der Waals surface area contributed by atoms with Gasteiger partial charge in [0.1, 0.15) is 0 Å². The van der Waals surface area contributed by atoms with Crippen molar-refractivity contribution >= 4 is 27.3 Å². The zero-order valence-corrected chi connectivity index (χ0v) is 13.1. The van der Waals surface area contributed by atoms with E-state index in [4.69, 9.17) is 0 Å². The lowest BCUT2D eigenvalue weighted by Crippen LogP contribution is -2.29. The van der Waals surface area contributed by atoms with Crippen molar-refractivity contribution < 1.29 is 0 Å². The van der Waals surface area contributed by atoms with Gasteiger partial charge in [-0.3, -0.25) is 0 Å². The fourth-order valence-corrected chi connectivity index (χ4v) is 3.62. The normalized spacial score (nSPS) is 12.6. The van der Waals surface area contributed by atoms with Gasteiger partial charge in [-0.05, 0) is 59.9 Å². The van der Waals surface area contributed by atoms with E-state index in [9.17, 15) is 0 Å². The van der Waals surface area contributed by atoms with Gasteiger partial charge in [0.15, 0.2) is 0 Å². The van der Waals surface area contributed by atoms with E-state index in [0.29, 0.717) is 6.04 Å². The maximum absolute atomic E-state index is 3.51. The van der Waals surface area contributed by atoms with Gasteiger partial charge in [0.25, 0.3) is 0 Å². The molecule has 18 heavy (non-hydrogen) atoms. The second kappa shape index (κ2) is 6.50. The second-order valence-electron chi connectivity index (χ2n) is 4.55. The summed E-state index contributed by atoms with van der Waals surface area (Å²) >= 11 is 5.33. The summed E-state index contributed by atoms with van der Waals surface area (Å²) in [5, 5.41) is 5.58. The van der Waals surface area contributed by atoms with E-state index in [1.54, 1.807) is 0 Å². The van der Waals surface area contributed by atoms with Crippen molar-refractivity contribution in [1.29, 1.82) is 0 Å². The molecule has 0 aliphatic heterocycles. The number of benzene rings is 1. The Balaban J connectivity index is 2.04. The molecule has 0 bridgehead atoms. The van der Waals surface area contributed by atoms with Gasteiger partial charge in [0.2, 0.25) is 0 Å². The van der Waals surface area contributed by atoms with Crippen LogP contribution in [0, 0.1) is 6.92 Å². The average molecular weight is 324 g/mol. The van der Waals surface area contributed by atoms with E-state index in [2.05, 4.69) is 63.9 Å². The minimum absolute atomic E-state index is 0.497. The van der Waals surface area contributed by atoms with Crippen LogP contribution in [-0.4, -0.2) is 13.1 Å². The van der Waals surface area contributed by atoms with Crippen molar-refractivity contribution in [2.24, 2.45) is 0 Å². The first kappa shape index (κ1) is 13.8. The molecule has 0 amide bonds. The standard InChI is InChI=1S/C15H18BrNS/c1-11-5-3-4-6-12(11)7-14(17-2)9-15-8-13(16)10-18-15/h3-6,8,10,14,17H,7,9H2,1-2H3. The molecule has 2 aromatic rings. The Morgan fingerprint density at radius 3 is 2.67 bits per heavy atom. The van der Waals surface area contributed by atoms with Crippen molar-refractivity contribution in [2.45, 2.75) is 25.8 Å². The number of nitrogens with one attached hydrogen (secondary N) is 1. The predicted octanol–water partition coefficient (Wildman–Crippen LogP) is 4.19. The first-order valence-electron chi connectivity index (χ1n) is 6.13. The van der Waals surface area contributed by atoms with E-state index in [0.717, 1.165) is 12.8 Å². The van der Waals surface area contributed by atoms with E-state index in [-0.39, 0.29) is 0 Å². The third-order valence-electron chi connectivity index (χ3n) is 3.21. The van der Waals surface area contributed by atoms with E-state index in [1.807, 2.05) is 18.4 Å². The molecule has 3 heteroatoms. The summed E-state index contributed by atoms with van der Waals surface area (Å²) in [6.07, 6.45) is 2.17. The average Bonchev–Trinajstić information content (AvgIpc) is 2.76. The SMILES string of the molecule is CNC(Cc1cc(Br)cs1)Cc1ccccc1C. The summed E-state index contributed by atoms with van der Waals surface area (Å²) in [5.74, 6) is 0. The van der Waals surface area contributed by atoms with Crippen LogP contribution >= 0.6 is 27.3 Å². The highest BCUT2D eigenvalue weighted by atomic mass is 79.9. The molecule has 1 aromatic heterocycles. The number of thiophene rings is 1. The van der Waals surface area contributed by atoms with Crippen molar-refractivity contribution in [3.8, 4) is 0 Å². The minimum Gasteiger partial charge on any atom is -0.316 e. The third-order valence-corrected chi connectivity index (χ3v) is 4.93. The number of likely N-dealkylation sites (N-methyl/N-ethyl adjacent to an activating group) is 1. The number of rotatable bonds is 5. The molecule has 0 radical (unpaired) electrons. The Morgan fingerprint density at radius 1 is 1.28 bits per heavy atom. The molecule has 0 spiro atoms. The summed E-state index contributed by atoms with van der Waals surface area (Å²) in [7, 11) is 2.05. The van der Waals surface area contributed by atoms with Crippen LogP contribution < -0.4 is 5.32 Å². The van der Waals surface area contributed by atoms with Crippen LogP contribution in [0.1, 0.15) is 16.0 Å². The molecule has 1 N–H and O–H groups in total. The van der Waals surface area contributed by atoms with Gasteiger partial charge in [0.05, 0.1) is 0 Å². The maximum atomic E-state index is 3.51. The number of hydrogen-bond acceptors (Lipinski definition) is 2. The fourth-order valence-electron chi connectivity index (χ4n) is 2.08. The summed E-state index contributed by atoms with van der Waals surface area (Å²) in [6, 6.07) is 11.3. The molecule has 2 rings (SSSR count). The highest BCUT2D eigenvalue weighted by Gasteiger charge is 2.11. The molecular formula is C15H18BrNS. The summed E-state index contributed by atoms with van der Waals surface area (Å²) in [4.78, 5) is 1.43. The Morgan fingerprint density at radius 2 is 2.06 bits per heavy atom. The minimum atomic E-state index is 0.497. The number of aryl methyl sites for hydroxylation is 1. The van der Waals surface area contributed by atoms with E-state index >= 15 is 0 Å². The van der Waals surface area contributed by atoms with Gasteiger partial charge in [-0.25, -0.2) is 0 Å². The lowest BCUT2D eigenvalue weighted by atomic mass is 9.99. The van der Waals surface area contributed by atoms with Crippen LogP contribution in [0.15, 0.2) is 40.2 Å². The van der Waals surface area contributed by atoms with Gasteiger partial charge in [-0.15, -0.1) is 11.3 Å². The van der Waals surface area contributed by atoms with Crippen LogP contribution in [0.25, 0.3) is 0 Å². The highest BCUT2D eigenvalue weighted by Crippen LogP contribution is 2.22. The molecule has 0 saturated heterocycles. The van der Waals surface area contributed by atoms with Crippen molar-refractivity contribution in [2.75, 3.05) is 7.05 Å². The number of hydrogen-bond donors (Lipinski definition) is 1. The van der Waals surface area contributed by atoms with Crippen LogP contribution in [0.3, 0.4) is 0 Å². The monoisotopic (exact) mass is 323 g/mol. The zero-order valence-electron chi connectivity index (χ0n) is 10.7. The molecule has 1 heterocycles. The van der Waals surface area contributed by atoms with Crippen molar-refractivity contribution in [3.63, 3.8) is 0 Å². The van der Waals surface area contributed by atoms with Crippen molar-refractivity contribution in [3.05, 3.63) is 56.2 Å². The Kier molecular flexibility index (Phi) is 4.98. The van der Waals surface area contributed by atoms with Crippen LogP contribution in [0.5, 0.6) is 0 Å². The second-order valence-corrected chi connectivity index (χ2v) is 6.46. The first-order valence-corrected chi connectivity index (χ1v) is 7.81. The van der Waals surface area contributed by atoms with E-state index < -0.39 is 0 Å². The molecule has 1 nitrogen and oxygen atoms in total. The molecule has 0 saturated carbocycles. The van der Waals surface area contributed by atoms with E-state index in [1.165, 1.54) is 20.5 Å². The highest BCUT2D eigenvalue weighted by molar-refractivity contribution is 9.10. The zero-order chi connectivity index (χ0) is 13.0. The smallest absolute Gasteiger partial charge is 0.0285 e. The fraction of sp³-hybridized carbons (Fsp3) is 0.333. The quantitative estimate of drug-likeness (QED) is 0.869. The molecule has 1 aromatic carbocycles. The lowest BCUT2D eigenvalue weighted by Gasteiger charge is -2.16. The van der Waals surface area contributed by atoms with Gasteiger partial charge >= 0.3 is 0 Å². The lowest BCUT2D eigenvalue weighted by molar-refractivity contribution is 0.559. The largest absolute Gasteiger partial charge is 0.316 e. The molecule has 0 aliphatic rings. The molecule has 1 atom stereocenters. The Hall–Kier alpha value is -0.640. The first-order chi connectivity index (χ1) is 8.69.